The number of carbonyl (C=O) groups excluding carboxylic acids is 3. The minimum absolute atomic E-state index is 0.106. The fourth-order valence-electron chi connectivity index (χ4n) is 3.11. The van der Waals surface area contributed by atoms with Crippen molar-refractivity contribution in [1.82, 2.24) is 5.43 Å². The third-order valence-corrected chi connectivity index (χ3v) is 5.85. The van der Waals surface area contributed by atoms with Crippen LogP contribution in [0.25, 0.3) is 0 Å². The summed E-state index contributed by atoms with van der Waals surface area (Å²) in [6, 6.07) is 28.6. The van der Waals surface area contributed by atoms with Crippen molar-refractivity contribution in [2.45, 2.75) is 0 Å². The number of hydrazone groups is 1. The van der Waals surface area contributed by atoms with Gasteiger partial charge in [-0.3, -0.25) is 4.79 Å². The van der Waals surface area contributed by atoms with Crippen molar-refractivity contribution in [3.05, 3.63) is 129 Å². The monoisotopic (exact) mass is 590 g/mol. The van der Waals surface area contributed by atoms with E-state index in [-0.39, 0.29) is 17.4 Å². The van der Waals surface area contributed by atoms with Crippen LogP contribution in [-0.2, 0) is 0 Å². The lowest BCUT2D eigenvalue weighted by Gasteiger charge is -2.10. The van der Waals surface area contributed by atoms with Crippen LogP contribution in [0.15, 0.2) is 108 Å². The van der Waals surface area contributed by atoms with Crippen LogP contribution in [0.1, 0.15) is 36.6 Å². The fraction of sp³-hybridized carbons (Fsp3) is 0. The van der Waals surface area contributed by atoms with E-state index in [0.29, 0.717) is 22.3 Å². The minimum Gasteiger partial charge on any atom is -0.423 e. The van der Waals surface area contributed by atoms with Gasteiger partial charge in [-0.25, -0.2) is 15.0 Å². The van der Waals surface area contributed by atoms with Gasteiger partial charge < -0.3 is 9.47 Å². The summed E-state index contributed by atoms with van der Waals surface area (Å²) in [6.45, 7) is 0. The summed E-state index contributed by atoms with van der Waals surface area (Å²) in [4.78, 5) is 37.6. The van der Waals surface area contributed by atoms with Crippen LogP contribution in [0.5, 0.6) is 11.5 Å². The van der Waals surface area contributed by atoms with Gasteiger partial charge in [-0.2, -0.15) is 5.10 Å². The quantitative estimate of drug-likeness (QED) is 0.101. The third kappa shape index (κ3) is 6.42. The molecule has 36 heavy (non-hydrogen) atoms. The first kappa shape index (κ1) is 24.8. The highest BCUT2D eigenvalue weighted by Crippen LogP contribution is 2.26. The van der Waals surface area contributed by atoms with E-state index in [0.717, 1.165) is 3.57 Å². The third-order valence-electron chi connectivity index (χ3n) is 4.91. The van der Waals surface area contributed by atoms with E-state index in [4.69, 9.17) is 9.47 Å². The van der Waals surface area contributed by atoms with Crippen LogP contribution < -0.4 is 14.9 Å². The van der Waals surface area contributed by atoms with E-state index in [1.807, 2.05) is 12.1 Å². The number of ether oxygens (including phenoxy) is 2. The molecular weight excluding hydrogens is 571 g/mol. The Kier molecular flexibility index (Phi) is 8.20. The van der Waals surface area contributed by atoms with Gasteiger partial charge in [0.1, 0.15) is 11.5 Å². The second kappa shape index (κ2) is 11.9. The van der Waals surface area contributed by atoms with Crippen LogP contribution in [-0.4, -0.2) is 24.1 Å². The van der Waals surface area contributed by atoms with E-state index in [9.17, 15) is 14.4 Å². The molecular formula is C28H19IN2O5. The maximum absolute atomic E-state index is 12.7. The highest BCUT2D eigenvalue weighted by molar-refractivity contribution is 14.1. The van der Waals surface area contributed by atoms with E-state index < -0.39 is 11.9 Å². The molecule has 4 aromatic rings. The molecule has 0 spiro atoms. The van der Waals surface area contributed by atoms with Gasteiger partial charge in [0.05, 0.1) is 22.9 Å². The number of halogens is 1. The molecule has 0 aliphatic heterocycles. The average Bonchev–Trinajstić information content (AvgIpc) is 2.91. The molecule has 0 atom stereocenters. The Morgan fingerprint density at radius 2 is 1.31 bits per heavy atom. The lowest BCUT2D eigenvalue weighted by atomic mass is 10.2. The topological polar surface area (TPSA) is 94.1 Å². The summed E-state index contributed by atoms with van der Waals surface area (Å²) in [7, 11) is 0. The second-order valence-electron chi connectivity index (χ2n) is 7.39. The van der Waals surface area contributed by atoms with Crippen LogP contribution in [0.3, 0.4) is 0 Å². The smallest absolute Gasteiger partial charge is 0.343 e. The second-order valence-corrected chi connectivity index (χ2v) is 8.55. The Hall–Kier alpha value is -4.31. The standard InChI is InChI=1S/C28H19IN2O5/c29-24-14-8-7-13-23(24)26(32)31-30-18-21-15-16-22(35-27(33)19-9-3-1-4-10-19)17-25(21)36-28(34)20-11-5-2-6-12-20/h1-18H,(H,31,32). The molecule has 1 N–H and O–H groups in total. The molecule has 178 valence electrons. The Balaban J connectivity index is 1.56. The maximum atomic E-state index is 12.7. The lowest BCUT2D eigenvalue weighted by Crippen LogP contribution is -2.19. The summed E-state index contributed by atoms with van der Waals surface area (Å²) >= 11 is 2.07. The highest BCUT2D eigenvalue weighted by Gasteiger charge is 2.15. The normalized spacial score (nSPS) is 10.6. The summed E-state index contributed by atoms with van der Waals surface area (Å²) in [6.07, 6.45) is 1.35. The Morgan fingerprint density at radius 1 is 0.722 bits per heavy atom. The molecule has 0 bridgehead atoms. The SMILES string of the molecule is O=C(Oc1ccc(C=NNC(=O)c2ccccc2I)c(OC(=O)c2ccccc2)c1)c1ccccc1. The Morgan fingerprint density at radius 3 is 1.94 bits per heavy atom. The van der Waals surface area contributed by atoms with Gasteiger partial charge >= 0.3 is 11.9 Å². The van der Waals surface area contributed by atoms with E-state index in [1.165, 1.54) is 12.3 Å². The molecule has 1 amide bonds. The van der Waals surface area contributed by atoms with Crippen molar-refractivity contribution >= 4 is 46.7 Å². The molecule has 8 heteroatoms. The van der Waals surface area contributed by atoms with Gasteiger partial charge in [0.25, 0.3) is 5.91 Å². The first-order valence-corrected chi connectivity index (χ1v) is 11.9. The zero-order chi connectivity index (χ0) is 25.3. The predicted octanol–water partition coefficient (Wildman–Crippen LogP) is 5.49. The zero-order valence-corrected chi connectivity index (χ0v) is 20.9. The van der Waals surface area contributed by atoms with Gasteiger partial charge in [0.2, 0.25) is 0 Å². The number of amides is 1. The lowest BCUT2D eigenvalue weighted by molar-refractivity contribution is 0.0732. The van der Waals surface area contributed by atoms with Crippen molar-refractivity contribution in [2.24, 2.45) is 5.10 Å². The van der Waals surface area contributed by atoms with Gasteiger partial charge in [-0.1, -0.05) is 48.5 Å². The van der Waals surface area contributed by atoms with E-state index >= 15 is 0 Å². The van der Waals surface area contributed by atoms with Gasteiger partial charge in [-0.15, -0.1) is 0 Å². The maximum Gasteiger partial charge on any atom is 0.343 e. The highest BCUT2D eigenvalue weighted by atomic mass is 127. The van der Waals surface area contributed by atoms with Crippen molar-refractivity contribution in [3.8, 4) is 11.5 Å². The molecule has 0 unspecified atom stereocenters. The molecule has 0 heterocycles. The molecule has 0 radical (unpaired) electrons. The van der Waals surface area contributed by atoms with Crippen LogP contribution in [0, 0.1) is 3.57 Å². The largest absolute Gasteiger partial charge is 0.423 e. The molecule has 0 saturated heterocycles. The van der Waals surface area contributed by atoms with Crippen molar-refractivity contribution in [2.75, 3.05) is 0 Å². The van der Waals surface area contributed by atoms with Gasteiger partial charge in [0, 0.05) is 15.2 Å². The summed E-state index contributed by atoms with van der Waals surface area (Å²) in [5.41, 5.74) is 4.07. The summed E-state index contributed by atoms with van der Waals surface area (Å²) < 4.78 is 11.8. The molecule has 0 fully saturated rings. The number of nitrogens with one attached hydrogen (secondary N) is 1. The van der Waals surface area contributed by atoms with E-state index in [2.05, 4.69) is 33.1 Å². The van der Waals surface area contributed by atoms with Crippen molar-refractivity contribution < 1.29 is 23.9 Å². The number of nitrogens with zero attached hydrogens (tertiary/aromatic N) is 1. The minimum atomic E-state index is -0.598. The molecule has 7 nitrogen and oxygen atoms in total. The van der Waals surface area contributed by atoms with Gasteiger partial charge in [0.15, 0.2) is 0 Å². The molecule has 0 saturated carbocycles. The summed E-state index contributed by atoms with van der Waals surface area (Å²) in [5.74, 6) is -1.25. The summed E-state index contributed by atoms with van der Waals surface area (Å²) in [5, 5.41) is 4.01. The predicted molar refractivity (Wildman–Crippen MR) is 143 cm³/mol. The first-order valence-electron chi connectivity index (χ1n) is 10.8. The first-order chi connectivity index (χ1) is 17.5. The molecule has 4 aromatic carbocycles. The number of benzene rings is 4. The molecule has 0 aliphatic rings. The van der Waals surface area contributed by atoms with Crippen LogP contribution in [0.2, 0.25) is 0 Å². The van der Waals surface area contributed by atoms with Gasteiger partial charge in [-0.05, 0) is 71.1 Å². The number of rotatable bonds is 7. The number of carbonyl (C=O) groups is 3. The molecule has 0 aromatic heterocycles. The van der Waals surface area contributed by atoms with Crippen LogP contribution in [0.4, 0.5) is 0 Å². The number of hydrogen-bond acceptors (Lipinski definition) is 6. The Bertz CT molecular complexity index is 1420. The Labute approximate surface area is 220 Å². The van der Waals surface area contributed by atoms with E-state index in [1.54, 1.807) is 84.9 Å². The average molecular weight is 590 g/mol. The molecule has 4 rings (SSSR count). The van der Waals surface area contributed by atoms with Crippen LogP contribution >= 0.6 is 22.6 Å². The van der Waals surface area contributed by atoms with Crippen molar-refractivity contribution in [1.29, 1.82) is 0 Å². The number of esters is 2. The zero-order valence-electron chi connectivity index (χ0n) is 18.8. The fourth-order valence-corrected chi connectivity index (χ4v) is 3.74. The number of hydrogen-bond donors (Lipinski definition) is 1. The van der Waals surface area contributed by atoms with Crippen molar-refractivity contribution in [3.63, 3.8) is 0 Å². The molecule has 0 aliphatic carbocycles.